The van der Waals surface area contributed by atoms with Crippen LogP contribution in [-0.4, -0.2) is 46.4 Å². The Morgan fingerprint density at radius 2 is 2.25 bits per heavy atom. The maximum absolute atomic E-state index is 4.68. The quantitative estimate of drug-likeness (QED) is 0.879. The van der Waals surface area contributed by atoms with Crippen LogP contribution in [0.5, 0.6) is 0 Å². The normalized spacial score (nSPS) is 17.9. The highest BCUT2D eigenvalue weighted by atomic mass is 15.2. The zero-order valence-electron chi connectivity index (χ0n) is 15.0. The lowest BCUT2D eigenvalue weighted by Crippen LogP contribution is -2.29. The Bertz CT molecular complexity index is 659. The Balaban J connectivity index is 1.61. The van der Waals surface area contributed by atoms with E-state index in [2.05, 4.69) is 44.6 Å². The smallest absolute Gasteiger partial charge is 0.132 e. The number of nitrogens with one attached hydrogen (secondary N) is 1. The lowest BCUT2D eigenvalue weighted by molar-refractivity contribution is 0.453. The fourth-order valence-electron chi connectivity index (χ4n) is 3.32. The molecule has 1 saturated heterocycles. The Labute approximate surface area is 144 Å². The van der Waals surface area contributed by atoms with Crippen molar-refractivity contribution in [2.45, 2.75) is 38.5 Å². The summed E-state index contributed by atoms with van der Waals surface area (Å²) in [5, 5.41) is 7.70. The van der Waals surface area contributed by atoms with Gasteiger partial charge in [-0.2, -0.15) is 5.10 Å². The van der Waals surface area contributed by atoms with Gasteiger partial charge in [-0.3, -0.25) is 4.68 Å². The van der Waals surface area contributed by atoms with E-state index in [9.17, 15) is 0 Å². The SMILES string of the molecule is Cc1nc(C2CCCNC2)cc(N(C)CCCc2cnn(C)c2)n1. The Hall–Kier alpha value is -1.95. The molecule has 1 aliphatic rings. The molecule has 0 aromatic carbocycles. The summed E-state index contributed by atoms with van der Waals surface area (Å²) in [5.74, 6) is 2.42. The molecule has 0 aliphatic carbocycles. The summed E-state index contributed by atoms with van der Waals surface area (Å²) in [7, 11) is 4.08. The summed E-state index contributed by atoms with van der Waals surface area (Å²) in [6, 6.07) is 2.18. The van der Waals surface area contributed by atoms with E-state index < -0.39 is 0 Å². The van der Waals surface area contributed by atoms with Crippen molar-refractivity contribution in [3.63, 3.8) is 0 Å². The van der Waals surface area contributed by atoms with E-state index in [1.165, 1.54) is 24.1 Å². The zero-order valence-corrected chi connectivity index (χ0v) is 15.0. The lowest BCUT2D eigenvalue weighted by Gasteiger charge is -2.24. The van der Waals surface area contributed by atoms with Crippen molar-refractivity contribution in [3.8, 4) is 0 Å². The first-order chi connectivity index (χ1) is 11.6. The number of rotatable bonds is 6. The molecule has 0 radical (unpaired) electrons. The Kier molecular flexibility index (Phi) is 5.45. The summed E-state index contributed by atoms with van der Waals surface area (Å²) in [6.07, 6.45) is 8.61. The van der Waals surface area contributed by atoms with Gasteiger partial charge in [0.1, 0.15) is 11.6 Å². The minimum Gasteiger partial charge on any atom is -0.360 e. The van der Waals surface area contributed by atoms with E-state index in [0.29, 0.717) is 5.92 Å². The van der Waals surface area contributed by atoms with Gasteiger partial charge in [-0.05, 0) is 44.7 Å². The number of aryl methyl sites for hydroxylation is 3. The van der Waals surface area contributed by atoms with Crippen LogP contribution in [0, 0.1) is 6.92 Å². The van der Waals surface area contributed by atoms with Crippen LogP contribution in [-0.2, 0) is 13.5 Å². The van der Waals surface area contributed by atoms with Crippen LogP contribution in [0.15, 0.2) is 18.5 Å². The van der Waals surface area contributed by atoms with Gasteiger partial charge < -0.3 is 10.2 Å². The van der Waals surface area contributed by atoms with Gasteiger partial charge in [0.25, 0.3) is 0 Å². The fourth-order valence-corrected chi connectivity index (χ4v) is 3.32. The molecule has 0 saturated carbocycles. The summed E-state index contributed by atoms with van der Waals surface area (Å²) in [5.41, 5.74) is 2.47. The molecule has 130 valence electrons. The lowest BCUT2D eigenvalue weighted by atomic mass is 9.96. The van der Waals surface area contributed by atoms with Crippen LogP contribution in [0.3, 0.4) is 0 Å². The van der Waals surface area contributed by atoms with E-state index in [1.807, 2.05) is 24.9 Å². The first kappa shape index (κ1) is 16.9. The van der Waals surface area contributed by atoms with Crippen molar-refractivity contribution in [1.29, 1.82) is 0 Å². The molecule has 0 spiro atoms. The third-order valence-corrected chi connectivity index (χ3v) is 4.67. The number of hydrogen-bond acceptors (Lipinski definition) is 5. The van der Waals surface area contributed by atoms with Crippen molar-refractivity contribution < 1.29 is 0 Å². The predicted octanol–water partition coefficient (Wildman–Crippen LogP) is 2.05. The molecule has 6 nitrogen and oxygen atoms in total. The number of aromatic nitrogens is 4. The first-order valence-corrected chi connectivity index (χ1v) is 8.87. The zero-order chi connectivity index (χ0) is 16.9. The number of anilines is 1. The minimum atomic E-state index is 0.517. The van der Waals surface area contributed by atoms with Crippen molar-refractivity contribution >= 4 is 5.82 Å². The molecule has 1 atom stereocenters. The maximum atomic E-state index is 4.68. The molecule has 1 fully saturated rings. The largest absolute Gasteiger partial charge is 0.360 e. The van der Waals surface area contributed by atoms with Crippen LogP contribution in [0.1, 0.15) is 42.3 Å². The van der Waals surface area contributed by atoms with Gasteiger partial charge in [0, 0.05) is 45.4 Å². The first-order valence-electron chi connectivity index (χ1n) is 8.87. The van der Waals surface area contributed by atoms with Gasteiger partial charge in [-0.25, -0.2) is 9.97 Å². The Morgan fingerprint density at radius 1 is 1.38 bits per heavy atom. The molecule has 3 rings (SSSR count). The van der Waals surface area contributed by atoms with Crippen LogP contribution in [0.2, 0.25) is 0 Å². The topological polar surface area (TPSA) is 58.9 Å². The second kappa shape index (κ2) is 7.75. The van der Waals surface area contributed by atoms with E-state index in [1.54, 1.807) is 0 Å². The molecule has 2 aromatic rings. The standard InChI is InChI=1S/C18H28N6/c1-14-21-17(16-7-4-8-19-12-16)10-18(22-14)23(2)9-5-6-15-11-20-24(3)13-15/h10-11,13,16,19H,4-9,12H2,1-3H3. The number of nitrogens with zero attached hydrogens (tertiary/aromatic N) is 5. The van der Waals surface area contributed by atoms with Gasteiger partial charge in [0.05, 0.1) is 11.9 Å². The molecular weight excluding hydrogens is 300 g/mol. The maximum Gasteiger partial charge on any atom is 0.132 e. The second-order valence-corrected chi connectivity index (χ2v) is 6.79. The summed E-state index contributed by atoms with van der Waals surface area (Å²) in [6.45, 7) is 5.13. The third-order valence-electron chi connectivity index (χ3n) is 4.67. The molecule has 0 amide bonds. The van der Waals surface area contributed by atoms with Gasteiger partial charge in [-0.15, -0.1) is 0 Å². The van der Waals surface area contributed by atoms with Crippen molar-refractivity contribution in [3.05, 3.63) is 35.5 Å². The molecule has 2 aromatic heterocycles. The van der Waals surface area contributed by atoms with Gasteiger partial charge in [0.2, 0.25) is 0 Å². The molecule has 24 heavy (non-hydrogen) atoms. The second-order valence-electron chi connectivity index (χ2n) is 6.79. The number of piperidine rings is 1. The highest BCUT2D eigenvalue weighted by Crippen LogP contribution is 2.24. The fraction of sp³-hybridized carbons (Fsp3) is 0.611. The average Bonchev–Trinajstić information content (AvgIpc) is 3.00. The van der Waals surface area contributed by atoms with E-state index in [-0.39, 0.29) is 0 Å². The van der Waals surface area contributed by atoms with Crippen molar-refractivity contribution in [2.75, 3.05) is 31.6 Å². The average molecular weight is 328 g/mol. The predicted molar refractivity (Wildman–Crippen MR) is 96.4 cm³/mol. The van der Waals surface area contributed by atoms with E-state index in [0.717, 1.165) is 44.1 Å². The van der Waals surface area contributed by atoms with Crippen molar-refractivity contribution in [1.82, 2.24) is 25.1 Å². The summed E-state index contributed by atoms with van der Waals surface area (Å²) >= 11 is 0. The highest BCUT2D eigenvalue weighted by Gasteiger charge is 2.18. The van der Waals surface area contributed by atoms with E-state index >= 15 is 0 Å². The van der Waals surface area contributed by atoms with Crippen LogP contribution in [0.4, 0.5) is 5.82 Å². The molecule has 1 aliphatic heterocycles. The summed E-state index contributed by atoms with van der Waals surface area (Å²) < 4.78 is 1.86. The Morgan fingerprint density at radius 3 is 2.96 bits per heavy atom. The minimum absolute atomic E-state index is 0.517. The summed E-state index contributed by atoms with van der Waals surface area (Å²) in [4.78, 5) is 11.6. The molecular formula is C18H28N6. The molecule has 1 N–H and O–H groups in total. The monoisotopic (exact) mass is 328 g/mol. The van der Waals surface area contributed by atoms with Crippen LogP contribution >= 0.6 is 0 Å². The highest BCUT2D eigenvalue weighted by molar-refractivity contribution is 5.40. The van der Waals surface area contributed by atoms with Gasteiger partial charge in [-0.1, -0.05) is 0 Å². The van der Waals surface area contributed by atoms with Crippen LogP contribution in [0.25, 0.3) is 0 Å². The molecule has 1 unspecified atom stereocenters. The van der Waals surface area contributed by atoms with Gasteiger partial charge in [0.15, 0.2) is 0 Å². The molecule has 6 heteroatoms. The van der Waals surface area contributed by atoms with Crippen LogP contribution < -0.4 is 10.2 Å². The number of hydrogen-bond donors (Lipinski definition) is 1. The van der Waals surface area contributed by atoms with Crippen molar-refractivity contribution in [2.24, 2.45) is 7.05 Å². The van der Waals surface area contributed by atoms with Gasteiger partial charge >= 0.3 is 0 Å². The third kappa shape index (κ3) is 4.32. The molecule has 3 heterocycles. The molecule has 0 bridgehead atoms. The van der Waals surface area contributed by atoms with E-state index in [4.69, 9.17) is 0 Å².